The Kier molecular flexibility index (Phi) is 14.4. The number of ether oxygens (including phenoxy) is 2. The third kappa shape index (κ3) is 9.25. The summed E-state index contributed by atoms with van der Waals surface area (Å²) in [6, 6.07) is 8.22. The molecule has 1 aliphatic heterocycles. The molecule has 0 radical (unpaired) electrons. The Labute approximate surface area is 253 Å². The number of likely N-dealkylation sites (N-methyl/N-ethyl adjacent to an activating group) is 1. The van der Waals surface area contributed by atoms with Gasteiger partial charge in [-0.3, -0.25) is 14.4 Å². The number of rotatable bonds is 16. The lowest BCUT2D eigenvalue weighted by Crippen LogP contribution is -2.53. The van der Waals surface area contributed by atoms with Crippen molar-refractivity contribution < 1.29 is 29.0 Å². The van der Waals surface area contributed by atoms with Gasteiger partial charge in [0.1, 0.15) is 0 Å². The smallest absolute Gasteiger partial charge is 0.225 e. The van der Waals surface area contributed by atoms with E-state index in [0.717, 1.165) is 24.8 Å². The lowest BCUT2D eigenvalue weighted by molar-refractivity contribution is -0.146. The van der Waals surface area contributed by atoms with Crippen LogP contribution in [0.5, 0.6) is 0 Å². The van der Waals surface area contributed by atoms with E-state index in [0.29, 0.717) is 13.0 Å². The predicted molar refractivity (Wildman–Crippen MR) is 165 cm³/mol. The van der Waals surface area contributed by atoms with E-state index >= 15 is 0 Å². The SMILES string of the molecule is CCC(C)[C@@H](C(CC(=O)N1CCCC1C(OC)C(C)C(=O)NC(C)C(O)c1ccccc1)OC)N(C)C(=O)CC(C)C. The van der Waals surface area contributed by atoms with Gasteiger partial charge in [0.15, 0.2) is 0 Å². The number of benzene rings is 1. The van der Waals surface area contributed by atoms with E-state index in [1.165, 1.54) is 0 Å². The first-order chi connectivity index (χ1) is 19.9. The van der Waals surface area contributed by atoms with Crippen molar-refractivity contribution in [3.05, 3.63) is 35.9 Å². The third-order valence-electron chi connectivity index (χ3n) is 8.87. The normalized spacial score (nSPS) is 20.4. The van der Waals surface area contributed by atoms with Gasteiger partial charge in [-0.1, -0.05) is 71.4 Å². The summed E-state index contributed by atoms with van der Waals surface area (Å²) >= 11 is 0. The van der Waals surface area contributed by atoms with Crippen LogP contribution >= 0.6 is 0 Å². The number of amides is 3. The fourth-order valence-corrected chi connectivity index (χ4v) is 6.19. The minimum atomic E-state index is -0.845. The van der Waals surface area contributed by atoms with Crippen LogP contribution < -0.4 is 5.32 Å². The van der Waals surface area contributed by atoms with E-state index in [2.05, 4.69) is 19.2 Å². The summed E-state index contributed by atoms with van der Waals surface area (Å²) in [6.45, 7) is 12.4. The van der Waals surface area contributed by atoms with Crippen molar-refractivity contribution in [2.24, 2.45) is 17.8 Å². The molecule has 8 atom stereocenters. The second kappa shape index (κ2) is 17.0. The molecule has 9 nitrogen and oxygen atoms in total. The molecule has 1 aliphatic rings. The molecule has 0 aromatic heterocycles. The second-order valence-electron chi connectivity index (χ2n) is 12.4. The summed E-state index contributed by atoms with van der Waals surface area (Å²) in [5.41, 5.74) is 0.730. The van der Waals surface area contributed by atoms with E-state index in [1.807, 2.05) is 56.1 Å². The van der Waals surface area contributed by atoms with Crippen LogP contribution in [-0.4, -0.2) is 90.8 Å². The molecular weight excluding hydrogens is 534 g/mol. The van der Waals surface area contributed by atoms with Crippen LogP contribution in [-0.2, 0) is 23.9 Å². The van der Waals surface area contributed by atoms with Gasteiger partial charge in [-0.05, 0) is 37.2 Å². The van der Waals surface area contributed by atoms with Gasteiger partial charge in [0, 0.05) is 34.2 Å². The molecule has 1 aromatic rings. The van der Waals surface area contributed by atoms with Gasteiger partial charge < -0.3 is 29.7 Å². The van der Waals surface area contributed by atoms with Crippen molar-refractivity contribution in [1.29, 1.82) is 0 Å². The first-order valence-electron chi connectivity index (χ1n) is 15.5. The lowest BCUT2D eigenvalue weighted by Gasteiger charge is -2.39. The molecule has 42 heavy (non-hydrogen) atoms. The first kappa shape index (κ1) is 35.7. The van der Waals surface area contributed by atoms with Crippen molar-refractivity contribution in [1.82, 2.24) is 15.1 Å². The zero-order valence-corrected chi connectivity index (χ0v) is 27.2. The zero-order valence-electron chi connectivity index (χ0n) is 27.2. The number of nitrogens with one attached hydrogen (secondary N) is 1. The average Bonchev–Trinajstić information content (AvgIpc) is 3.46. The van der Waals surface area contributed by atoms with Gasteiger partial charge in [-0.25, -0.2) is 0 Å². The van der Waals surface area contributed by atoms with E-state index < -0.39 is 30.3 Å². The van der Waals surface area contributed by atoms with Gasteiger partial charge in [-0.15, -0.1) is 0 Å². The monoisotopic (exact) mass is 589 g/mol. The fourth-order valence-electron chi connectivity index (χ4n) is 6.19. The Morgan fingerprint density at radius 3 is 2.24 bits per heavy atom. The Balaban J connectivity index is 2.15. The third-order valence-corrected chi connectivity index (χ3v) is 8.87. The maximum Gasteiger partial charge on any atom is 0.225 e. The van der Waals surface area contributed by atoms with Crippen LogP contribution in [0.4, 0.5) is 0 Å². The standard InChI is InChI=1S/C33H55N3O6/c1-10-22(4)30(35(7)28(37)19-21(2)3)27(41-8)20-29(38)36-18-14-17-26(36)32(42-9)23(5)33(40)34-24(6)31(39)25-15-12-11-13-16-25/h11-13,15-16,21-24,26-27,30-32,39H,10,14,17-20H2,1-9H3,(H,34,40)/t22?,23?,24?,26?,27?,30-,31?,32?/m0/s1. The highest BCUT2D eigenvalue weighted by Crippen LogP contribution is 2.30. The number of methoxy groups -OCH3 is 2. The number of carbonyl (C=O) groups is 3. The number of hydrogen-bond acceptors (Lipinski definition) is 6. The molecule has 1 fully saturated rings. The second-order valence-corrected chi connectivity index (χ2v) is 12.4. The molecule has 3 amide bonds. The van der Waals surface area contributed by atoms with Crippen molar-refractivity contribution in [3.63, 3.8) is 0 Å². The summed E-state index contributed by atoms with van der Waals surface area (Å²) in [6.07, 6.45) is 1.15. The van der Waals surface area contributed by atoms with Crippen molar-refractivity contribution in [3.8, 4) is 0 Å². The molecule has 2 N–H and O–H groups in total. The van der Waals surface area contributed by atoms with Crippen molar-refractivity contribution in [2.75, 3.05) is 27.8 Å². The molecule has 0 saturated carbocycles. The van der Waals surface area contributed by atoms with Crippen LogP contribution in [0.15, 0.2) is 30.3 Å². The number of aliphatic hydroxyl groups excluding tert-OH is 1. The van der Waals surface area contributed by atoms with E-state index in [1.54, 1.807) is 33.0 Å². The lowest BCUT2D eigenvalue weighted by atomic mass is 9.90. The maximum atomic E-state index is 13.8. The van der Waals surface area contributed by atoms with E-state index in [9.17, 15) is 19.5 Å². The molecule has 9 heteroatoms. The fraction of sp³-hybridized carbons (Fsp3) is 0.727. The van der Waals surface area contributed by atoms with Gasteiger partial charge in [0.25, 0.3) is 0 Å². The van der Waals surface area contributed by atoms with Crippen molar-refractivity contribution >= 4 is 17.7 Å². The van der Waals surface area contributed by atoms with Crippen LogP contribution in [0, 0.1) is 17.8 Å². The molecular formula is C33H55N3O6. The summed E-state index contributed by atoms with van der Waals surface area (Å²) in [7, 11) is 4.99. The number of nitrogens with zero attached hydrogens (tertiary/aromatic N) is 2. The molecule has 0 aliphatic carbocycles. The van der Waals surface area contributed by atoms with Gasteiger partial charge in [-0.2, -0.15) is 0 Å². The minimum absolute atomic E-state index is 0.0507. The van der Waals surface area contributed by atoms with Crippen molar-refractivity contribution in [2.45, 2.75) is 110 Å². The Hall–Kier alpha value is -2.49. The molecule has 238 valence electrons. The zero-order chi connectivity index (χ0) is 31.6. The number of carbonyl (C=O) groups excluding carboxylic acids is 3. The Morgan fingerprint density at radius 1 is 1.05 bits per heavy atom. The average molecular weight is 590 g/mol. The quantitative estimate of drug-likeness (QED) is 0.299. The number of aliphatic hydroxyl groups is 1. The van der Waals surface area contributed by atoms with Gasteiger partial charge in [0.05, 0.1) is 48.8 Å². The van der Waals surface area contributed by atoms with Gasteiger partial charge >= 0.3 is 0 Å². The Bertz CT molecular complexity index is 989. The van der Waals surface area contributed by atoms with E-state index in [4.69, 9.17) is 9.47 Å². The highest BCUT2D eigenvalue weighted by Gasteiger charge is 2.42. The highest BCUT2D eigenvalue weighted by molar-refractivity contribution is 5.81. The molecule has 1 aromatic carbocycles. The summed E-state index contributed by atoms with van der Waals surface area (Å²) in [5.74, 6) is -0.424. The van der Waals surface area contributed by atoms with Crippen LogP contribution in [0.25, 0.3) is 0 Å². The maximum absolute atomic E-state index is 13.8. The van der Waals surface area contributed by atoms with Crippen LogP contribution in [0.1, 0.15) is 85.3 Å². The molecule has 7 unspecified atom stereocenters. The minimum Gasteiger partial charge on any atom is -0.386 e. The van der Waals surface area contributed by atoms with Gasteiger partial charge in [0.2, 0.25) is 17.7 Å². The number of likely N-dealkylation sites (tertiary alicyclic amines) is 1. The number of hydrogen-bond donors (Lipinski definition) is 2. The summed E-state index contributed by atoms with van der Waals surface area (Å²) in [4.78, 5) is 43.7. The first-order valence-corrected chi connectivity index (χ1v) is 15.5. The summed E-state index contributed by atoms with van der Waals surface area (Å²) < 4.78 is 11.8. The van der Waals surface area contributed by atoms with Crippen LogP contribution in [0.3, 0.4) is 0 Å². The molecule has 0 spiro atoms. The predicted octanol–water partition coefficient (Wildman–Crippen LogP) is 4.19. The molecule has 2 rings (SSSR count). The van der Waals surface area contributed by atoms with Crippen LogP contribution in [0.2, 0.25) is 0 Å². The molecule has 0 bridgehead atoms. The topological polar surface area (TPSA) is 108 Å². The Morgan fingerprint density at radius 2 is 1.69 bits per heavy atom. The molecule has 1 heterocycles. The largest absolute Gasteiger partial charge is 0.386 e. The van der Waals surface area contributed by atoms with E-state index in [-0.39, 0.29) is 48.1 Å². The summed E-state index contributed by atoms with van der Waals surface area (Å²) in [5, 5.41) is 13.7. The molecule has 1 saturated heterocycles. The highest BCUT2D eigenvalue weighted by atomic mass is 16.5.